The van der Waals surface area contributed by atoms with Crippen LogP contribution in [0, 0.1) is 0 Å². The average Bonchev–Trinajstić information content (AvgIpc) is 3.34. The molecule has 3 aromatic rings. The van der Waals surface area contributed by atoms with Crippen molar-refractivity contribution in [1.82, 2.24) is 29.9 Å². The number of carbonyl (C=O) groups is 1. The molecule has 1 aliphatic heterocycles. The lowest BCUT2D eigenvalue weighted by Crippen LogP contribution is -2.32. The van der Waals surface area contributed by atoms with Crippen molar-refractivity contribution in [1.29, 1.82) is 0 Å². The van der Waals surface area contributed by atoms with Crippen LogP contribution in [0.3, 0.4) is 0 Å². The molecule has 3 heterocycles. The molecule has 0 aliphatic carbocycles. The van der Waals surface area contributed by atoms with Crippen LogP contribution in [0.4, 0.5) is 5.82 Å². The Balaban J connectivity index is 1.56. The van der Waals surface area contributed by atoms with Gasteiger partial charge in [-0.05, 0) is 39.0 Å². The van der Waals surface area contributed by atoms with Crippen LogP contribution in [0.25, 0.3) is 11.4 Å². The predicted octanol–water partition coefficient (Wildman–Crippen LogP) is 2.19. The summed E-state index contributed by atoms with van der Waals surface area (Å²) >= 11 is 0. The smallest absolute Gasteiger partial charge is 0.257 e. The minimum absolute atomic E-state index is 0.188. The fraction of sp³-hybridized carbons (Fsp3) is 0.333. The number of likely N-dealkylation sites (tertiary alicyclic amines) is 1. The Morgan fingerprint density at radius 1 is 1.23 bits per heavy atom. The van der Waals surface area contributed by atoms with Crippen molar-refractivity contribution in [3.63, 3.8) is 0 Å². The number of anilines is 1. The zero-order valence-electron chi connectivity index (χ0n) is 14.6. The van der Waals surface area contributed by atoms with Crippen molar-refractivity contribution < 1.29 is 4.79 Å². The molecule has 26 heavy (non-hydrogen) atoms. The van der Waals surface area contributed by atoms with Gasteiger partial charge in [-0.3, -0.25) is 9.89 Å². The number of nitrogens with one attached hydrogen (secondary N) is 2. The number of hydrogen-bond acceptors (Lipinski definition) is 5. The fourth-order valence-electron chi connectivity index (χ4n) is 3.35. The number of hydrogen-bond donors (Lipinski definition) is 2. The molecule has 0 radical (unpaired) electrons. The predicted molar refractivity (Wildman–Crippen MR) is 97.8 cm³/mol. The van der Waals surface area contributed by atoms with E-state index in [0.29, 0.717) is 23.0 Å². The third-order valence-corrected chi connectivity index (χ3v) is 4.79. The van der Waals surface area contributed by atoms with Crippen molar-refractivity contribution >= 4 is 11.7 Å². The van der Waals surface area contributed by atoms with Crippen molar-refractivity contribution in [2.45, 2.75) is 18.9 Å². The van der Waals surface area contributed by atoms with Gasteiger partial charge in [0.2, 0.25) is 0 Å². The Bertz CT molecular complexity index is 879. The van der Waals surface area contributed by atoms with E-state index in [1.54, 1.807) is 12.3 Å². The van der Waals surface area contributed by atoms with E-state index in [1.165, 1.54) is 6.33 Å². The maximum absolute atomic E-state index is 12.9. The molecule has 134 valence electrons. The summed E-state index contributed by atoms with van der Waals surface area (Å²) in [6, 6.07) is 9.49. The van der Waals surface area contributed by atoms with Crippen molar-refractivity contribution in [2.24, 2.45) is 0 Å². The minimum Gasteiger partial charge on any atom is -0.307 e. The fourth-order valence-corrected chi connectivity index (χ4v) is 3.35. The highest BCUT2D eigenvalue weighted by Gasteiger charge is 2.22. The van der Waals surface area contributed by atoms with E-state index in [4.69, 9.17) is 0 Å². The standard InChI is InChI=1S/C18H21N7O/c1-24-10-7-13(8-11-24)25-16(6-9-21-25)22-18(26)15-5-3-2-4-14(15)17-19-12-20-23-17/h2-6,9,12-13H,7-8,10-11H2,1H3,(H,22,26)(H,19,20,23). The molecule has 1 aromatic carbocycles. The molecule has 1 aliphatic rings. The van der Waals surface area contributed by atoms with Gasteiger partial charge in [0.1, 0.15) is 12.1 Å². The molecule has 4 rings (SSSR count). The quantitative estimate of drug-likeness (QED) is 0.752. The lowest BCUT2D eigenvalue weighted by Gasteiger charge is -2.30. The summed E-state index contributed by atoms with van der Waals surface area (Å²) in [5.74, 6) is 1.10. The SMILES string of the molecule is CN1CCC(n2nccc2NC(=O)c2ccccc2-c2ncn[nH]2)CC1. The summed E-state index contributed by atoms with van der Waals surface area (Å²) in [5.41, 5.74) is 1.26. The van der Waals surface area contributed by atoms with Gasteiger partial charge in [-0.2, -0.15) is 10.2 Å². The Morgan fingerprint density at radius 2 is 2.04 bits per heavy atom. The highest BCUT2D eigenvalue weighted by Crippen LogP contribution is 2.26. The monoisotopic (exact) mass is 351 g/mol. The summed E-state index contributed by atoms with van der Waals surface area (Å²) in [6.45, 7) is 2.07. The maximum atomic E-state index is 12.9. The highest BCUT2D eigenvalue weighted by atomic mass is 16.1. The maximum Gasteiger partial charge on any atom is 0.257 e. The van der Waals surface area contributed by atoms with Crippen LogP contribution in [0.5, 0.6) is 0 Å². The van der Waals surface area contributed by atoms with Crippen molar-refractivity contribution in [2.75, 3.05) is 25.5 Å². The first-order valence-corrected chi connectivity index (χ1v) is 8.70. The van der Waals surface area contributed by atoms with Crippen LogP contribution in [0.2, 0.25) is 0 Å². The molecule has 1 saturated heterocycles. The second kappa shape index (κ2) is 7.09. The van der Waals surface area contributed by atoms with E-state index in [1.807, 2.05) is 28.9 Å². The van der Waals surface area contributed by atoms with E-state index in [0.717, 1.165) is 31.7 Å². The molecule has 8 nitrogen and oxygen atoms in total. The molecule has 0 bridgehead atoms. The van der Waals surface area contributed by atoms with Crippen LogP contribution >= 0.6 is 0 Å². The van der Waals surface area contributed by atoms with Gasteiger partial charge in [-0.1, -0.05) is 18.2 Å². The highest BCUT2D eigenvalue weighted by molar-refractivity contribution is 6.07. The first kappa shape index (κ1) is 16.5. The van der Waals surface area contributed by atoms with Crippen LogP contribution in [0.1, 0.15) is 29.2 Å². The summed E-state index contributed by atoms with van der Waals surface area (Å²) in [4.78, 5) is 19.4. The van der Waals surface area contributed by atoms with Gasteiger partial charge >= 0.3 is 0 Å². The number of aromatic amines is 1. The van der Waals surface area contributed by atoms with Gasteiger partial charge < -0.3 is 10.2 Å². The van der Waals surface area contributed by atoms with Gasteiger partial charge in [0.15, 0.2) is 5.82 Å². The largest absolute Gasteiger partial charge is 0.307 e. The normalized spacial score (nSPS) is 15.9. The van der Waals surface area contributed by atoms with Crippen molar-refractivity contribution in [3.8, 4) is 11.4 Å². The minimum atomic E-state index is -0.188. The molecule has 2 aromatic heterocycles. The van der Waals surface area contributed by atoms with Crippen LogP contribution < -0.4 is 5.32 Å². The van der Waals surface area contributed by atoms with E-state index in [9.17, 15) is 4.79 Å². The number of amides is 1. The van der Waals surface area contributed by atoms with Crippen LogP contribution in [-0.2, 0) is 0 Å². The Labute approximate surface area is 151 Å². The second-order valence-corrected chi connectivity index (χ2v) is 6.53. The molecular formula is C18H21N7O. The number of rotatable bonds is 4. The van der Waals surface area contributed by atoms with E-state index in [-0.39, 0.29) is 5.91 Å². The summed E-state index contributed by atoms with van der Waals surface area (Å²) in [7, 11) is 2.13. The van der Waals surface area contributed by atoms with Crippen LogP contribution in [-0.4, -0.2) is 55.9 Å². The number of benzene rings is 1. The van der Waals surface area contributed by atoms with Gasteiger partial charge in [0.25, 0.3) is 5.91 Å². The Morgan fingerprint density at radius 3 is 2.81 bits per heavy atom. The van der Waals surface area contributed by atoms with Gasteiger partial charge in [0, 0.05) is 11.6 Å². The number of H-pyrrole nitrogens is 1. The molecule has 1 amide bonds. The third kappa shape index (κ3) is 3.23. The molecule has 0 saturated carbocycles. The first-order valence-electron chi connectivity index (χ1n) is 8.70. The number of carbonyl (C=O) groups excluding carboxylic acids is 1. The number of aromatic nitrogens is 5. The van der Waals surface area contributed by atoms with E-state index < -0.39 is 0 Å². The van der Waals surface area contributed by atoms with Crippen molar-refractivity contribution in [3.05, 3.63) is 48.4 Å². The molecule has 2 N–H and O–H groups in total. The Kier molecular flexibility index (Phi) is 4.49. The van der Waals surface area contributed by atoms with E-state index in [2.05, 4.69) is 37.5 Å². The van der Waals surface area contributed by atoms with Gasteiger partial charge in [-0.25, -0.2) is 9.67 Å². The third-order valence-electron chi connectivity index (χ3n) is 4.79. The molecule has 0 atom stereocenters. The zero-order chi connectivity index (χ0) is 17.9. The number of nitrogens with zero attached hydrogens (tertiary/aromatic N) is 5. The molecular weight excluding hydrogens is 330 g/mol. The molecule has 1 fully saturated rings. The first-order chi connectivity index (χ1) is 12.7. The topological polar surface area (TPSA) is 91.7 Å². The lowest BCUT2D eigenvalue weighted by molar-refractivity contribution is 0.102. The lowest BCUT2D eigenvalue weighted by atomic mass is 10.1. The Hall–Kier alpha value is -3.00. The molecule has 0 unspecified atom stereocenters. The number of piperidine rings is 1. The van der Waals surface area contributed by atoms with Gasteiger partial charge in [0.05, 0.1) is 17.8 Å². The summed E-state index contributed by atoms with van der Waals surface area (Å²) in [5, 5.41) is 14.1. The zero-order valence-corrected chi connectivity index (χ0v) is 14.6. The second-order valence-electron chi connectivity index (χ2n) is 6.53. The van der Waals surface area contributed by atoms with Crippen LogP contribution in [0.15, 0.2) is 42.9 Å². The summed E-state index contributed by atoms with van der Waals surface area (Å²) in [6.07, 6.45) is 5.21. The van der Waals surface area contributed by atoms with Gasteiger partial charge in [-0.15, -0.1) is 0 Å². The summed E-state index contributed by atoms with van der Waals surface area (Å²) < 4.78 is 1.93. The van der Waals surface area contributed by atoms with E-state index >= 15 is 0 Å². The molecule has 8 heteroatoms. The molecule has 0 spiro atoms. The average molecular weight is 351 g/mol.